The molecule has 2 heterocycles. The van der Waals surface area contributed by atoms with Crippen LogP contribution in [0.2, 0.25) is 0 Å². The van der Waals surface area contributed by atoms with E-state index in [0.29, 0.717) is 6.04 Å². The van der Waals surface area contributed by atoms with Crippen LogP contribution < -0.4 is 5.32 Å². The van der Waals surface area contributed by atoms with Crippen molar-refractivity contribution >= 4 is 11.3 Å². The number of hydrogen-bond acceptors (Lipinski definition) is 3. The highest BCUT2D eigenvalue weighted by atomic mass is 32.1. The molecule has 0 spiro atoms. The molecule has 0 aliphatic rings. The minimum absolute atomic E-state index is 0.324. The Bertz CT molecular complexity index is 405. The maximum atomic E-state index is 4.28. The van der Waals surface area contributed by atoms with Gasteiger partial charge < -0.3 is 9.88 Å². The van der Waals surface area contributed by atoms with E-state index in [0.717, 1.165) is 11.6 Å². The summed E-state index contributed by atoms with van der Waals surface area (Å²) in [5, 5.41) is 6.60. The van der Waals surface area contributed by atoms with E-state index >= 15 is 0 Å². The summed E-state index contributed by atoms with van der Waals surface area (Å²) in [6.07, 6.45) is 6.04. The molecule has 1 unspecified atom stereocenters. The highest BCUT2D eigenvalue weighted by molar-refractivity contribution is 7.09. The van der Waals surface area contributed by atoms with Gasteiger partial charge in [0.1, 0.15) is 5.01 Å². The predicted octanol–water partition coefficient (Wildman–Crippen LogP) is 2.33. The van der Waals surface area contributed by atoms with E-state index in [2.05, 4.69) is 40.3 Å². The van der Waals surface area contributed by atoms with Crippen molar-refractivity contribution in [2.24, 2.45) is 7.05 Å². The van der Waals surface area contributed by atoms with Crippen molar-refractivity contribution < 1.29 is 0 Å². The van der Waals surface area contributed by atoms with E-state index in [1.165, 1.54) is 5.56 Å². The lowest BCUT2D eigenvalue weighted by molar-refractivity contribution is 0.571. The molecule has 0 amide bonds. The third-order valence-electron chi connectivity index (χ3n) is 2.33. The maximum absolute atomic E-state index is 4.28. The highest BCUT2D eigenvalue weighted by Gasteiger charge is 2.06. The number of thiazole rings is 1. The van der Waals surface area contributed by atoms with Gasteiger partial charge in [-0.3, -0.25) is 0 Å². The van der Waals surface area contributed by atoms with Crippen LogP contribution in [-0.4, -0.2) is 9.55 Å². The molecule has 1 N–H and O–H groups in total. The molecule has 2 rings (SSSR count). The first kappa shape index (κ1) is 10.4. The number of hydrogen-bond donors (Lipinski definition) is 1. The second-order valence-corrected chi connectivity index (χ2v) is 4.58. The van der Waals surface area contributed by atoms with Crippen molar-refractivity contribution in [1.29, 1.82) is 0 Å². The fourth-order valence-corrected chi connectivity index (χ4v) is 2.14. The van der Waals surface area contributed by atoms with E-state index in [4.69, 9.17) is 0 Å². The second-order valence-electron chi connectivity index (χ2n) is 3.66. The van der Waals surface area contributed by atoms with Crippen molar-refractivity contribution in [3.8, 4) is 0 Å². The molecule has 0 aliphatic carbocycles. The fourth-order valence-electron chi connectivity index (χ4n) is 1.47. The summed E-state index contributed by atoms with van der Waals surface area (Å²) in [6, 6.07) is 2.45. The van der Waals surface area contributed by atoms with E-state index in [1.54, 1.807) is 11.3 Å². The summed E-state index contributed by atoms with van der Waals surface area (Å²) in [5.74, 6) is 0. The number of nitrogens with one attached hydrogen (secondary N) is 1. The predicted molar refractivity (Wildman–Crippen MR) is 62.8 cm³/mol. The van der Waals surface area contributed by atoms with Gasteiger partial charge in [-0.1, -0.05) is 0 Å². The first-order chi connectivity index (χ1) is 7.25. The molecule has 0 saturated heterocycles. The standard InChI is InChI=1S/C11H15N3S/c1-9(11-12-4-6-15-11)13-7-10-3-5-14(2)8-10/h3-6,8-9,13H,7H2,1-2H3. The zero-order chi connectivity index (χ0) is 10.7. The molecule has 0 saturated carbocycles. The zero-order valence-electron chi connectivity index (χ0n) is 8.97. The largest absolute Gasteiger partial charge is 0.357 e. The minimum atomic E-state index is 0.324. The third kappa shape index (κ3) is 2.67. The van der Waals surface area contributed by atoms with Crippen LogP contribution in [0.15, 0.2) is 30.0 Å². The summed E-state index contributed by atoms with van der Waals surface area (Å²) < 4.78 is 2.06. The molecule has 0 bridgehead atoms. The number of rotatable bonds is 4. The summed E-state index contributed by atoms with van der Waals surface area (Å²) >= 11 is 1.69. The Labute approximate surface area is 93.8 Å². The molecule has 3 nitrogen and oxygen atoms in total. The lowest BCUT2D eigenvalue weighted by Gasteiger charge is -2.09. The van der Waals surface area contributed by atoms with Crippen molar-refractivity contribution in [3.05, 3.63) is 40.6 Å². The summed E-state index contributed by atoms with van der Waals surface area (Å²) in [7, 11) is 2.04. The van der Waals surface area contributed by atoms with Gasteiger partial charge in [0, 0.05) is 37.6 Å². The molecule has 2 aromatic rings. The Morgan fingerprint density at radius 3 is 3.07 bits per heavy atom. The van der Waals surface area contributed by atoms with Crippen LogP contribution in [0.1, 0.15) is 23.5 Å². The lowest BCUT2D eigenvalue weighted by atomic mass is 10.3. The van der Waals surface area contributed by atoms with Crippen LogP contribution in [0.5, 0.6) is 0 Å². The maximum Gasteiger partial charge on any atom is 0.109 e. The Morgan fingerprint density at radius 1 is 1.60 bits per heavy atom. The van der Waals surface area contributed by atoms with E-state index in [1.807, 2.05) is 18.6 Å². The van der Waals surface area contributed by atoms with Crippen LogP contribution in [0.3, 0.4) is 0 Å². The Hall–Kier alpha value is -1.13. The van der Waals surface area contributed by atoms with Crippen molar-refractivity contribution in [2.45, 2.75) is 19.5 Å². The molecule has 0 aliphatic heterocycles. The summed E-state index contributed by atoms with van der Waals surface area (Å²) in [6.45, 7) is 3.03. The molecule has 0 radical (unpaired) electrons. The number of aryl methyl sites for hydroxylation is 1. The van der Waals surface area contributed by atoms with Crippen LogP contribution in [0, 0.1) is 0 Å². The average molecular weight is 221 g/mol. The van der Waals surface area contributed by atoms with Gasteiger partial charge in [-0.2, -0.15) is 0 Å². The molecule has 0 fully saturated rings. The van der Waals surface area contributed by atoms with Gasteiger partial charge in [-0.05, 0) is 18.6 Å². The topological polar surface area (TPSA) is 29.9 Å². The average Bonchev–Trinajstić information content (AvgIpc) is 2.84. The van der Waals surface area contributed by atoms with Crippen molar-refractivity contribution in [1.82, 2.24) is 14.9 Å². The van der Waals surface area contributed by atoms with Gasteiger partial charge in [0.15, 0.2) is 0 Å². The van der Waals surface area contributed by atoms with Gasteiger partial charge in [0.2, 0.25) is 0 Å². The van der Waals surface area contributed by atoms with Crippen LogP contribution >= 0.6 is 11.3 Å². The van der Waals surface area contributed by atoms with E-state index < -0.39 is 0 Å². The van der Waals surface area contributed by atoms with Gasteiger partial charge >= 0.3 is 0 Å². The van der Waals surface area contributed by atoms with E-state index in [9.17, 15) is 0 Å². The number of aromatic nitrogens is 2. The number of nitrogens with zero attached hydrogens (tertiary/aromatic N) is 2. The van der Waals surface area contributed by atoms with E-state index in [-0.39, 0.29) is 0 Å². The molecule has 80 valence electrons. The Balaban J connectivity index is 1.88. The van der Waals surface area contributed by atoms with Crippen LogP contribution in [0.4, 0.5) is 0 Å². The smallest absolute Gasteiger partial charge is 0.109 e. The molecule has 1 atom stereocenters. The normalized spacial score (nSPS) is 12.9. The van der Waals surface area contributed by atoms with Crippen LogP contribution in [-0.2, 0) is 13.6 Å². The molecular weight excluding hydrogens is 206 g/mol. The van der Waals surface area contributed by atoms with Crippen molar-refractivity contribution in [2.75, 3.05) is 0 Å². The molecule has 0 aromatic carbocycles. The summed E-state index contributed by atoms with van der Waals surface area (Å²) in [5.41, 5.74) is 1.31. The Morgan fingerprint density at radius 2 is 2.47 bits per heavy atom. The molecule has 4 heteroatoms. The van der Waals surface area contributed by atoms with Crippen LogP contribution in [0.25, 0.3) is 0 Å². The Kier molecular flexibility index (Phi) is 3.18. The summed E-state index contributed by atoms with van der Waals surface area (Å²) in [4.78, 5) is 4.28. The molecule has 15 heavy (non-hydrogen) atoms. The molecule has 2 aromatic heterocycles. The fraction of sp³-hybridized carbons (Fsp3) is 0.364. The SMILES string of the molecule is CC(NCc1ccn(C)c1)c1nccs1. The quantitative estimate of drug-likeness (QED) is 0.858. The minimum Gasteiger partial charge on any atom is -0.357 e. The second kappa shape index (κ2) is 4.59. The van der Waals surface area contributed by atoms with Gasteiger partial charge in [0.05, 0.1) is 6.04 Å². The third-order valence-corrected chi connectivity index (χ3v) is 3.29. The first-order valence-electron chi connectivity index (χ1n) is 4.99. The van der Waals surface area contributed by atoms with Crippen molar-refractivity contribution in [3.63, 3.8) is 0 Å². The van der Waals surface area contributed by atoms with Gasteiger partial charge in [0.25, 0.3) is 0 Å². The first-order valence-corrected chi connectivity index (χ1v) is 5.87. The highest BCUT2D eigenvalue weighted by Crippen LogP contribution is 2.15. The van der Waals surface area contributed by atoms with Gasteiger partial charge in [-0.25, -0.2) is 4.98 Å². The van der Waals surface area contributed by atoms with Gasteiger partial charge in [-0.15, -0.1) is 11.3 Å². The lowest BCUT2D eigenvalue weighted by Crippen LogP contribution is -2.17. The molecular formula is C11H15N3S. The monoisotopic (exact) mass is 221 g/mol. The zero-order valence-corrected chi connectivity index (χ0v) is 9.79.